The molecule has 2 rings (SSSR count). The van der Waals surface area contributed by atoms with Gasteiger partial charge in [0.1, 0.15) is 0 Å². The van der Waals surface area contributed by atoms with Crippen LogP contribution in [-0.2, 0) is 13.0 Å². The molecule has 2 N–H and O–H groups in total. The van der Waals surface area contributed by atoms with E-state index in [4.69, 9.17) is 0 Å². The molecular weight excluding hydrogens is 222 g/mol. The SMILES string of the molecule is CCc1ccc(CNCCN2CCNCC2)cc1. The van der Waals surface area contributed by atoms with Gasteiger partial charge in [0.25, 0.3) is 0 Å². The fourth-order valence-electron chi connectivity index (χ4n) is 2.30. The predicted octanol–water partition coefficient (Wildman–Crippen LogP) is 1.24. The van der Waals surface area contributed by atoms with Crippen LogP contribution in [0.3, 0.4) is 0 Å². The van der Waals surface area contributed by atoms with E-state index < -0.39 is 0 Å². The number of hydrogen-bond acceptors (Lipinski definition) is 3. The van der Waals surface area contributed by atoms with E-state index in [2.05, 4.69) is 46.7 Å². The third kappa shape index (κ3) is 4.41. The first-order chi connectivity index (χ1) is 8.88. The predicted molar refractivity (Wildman–Crippen MR) is 76.8 cm³/mol. The van der Waals surface area contributed by atoms with E-state index in [9.17, 15) is 0 Å². The van der Waals surface area contributed by atoms with Crippen molar-refractivity contribution < 1.29 is 0 Å². The summed E-state index contributed by atoms with van der Waals surface area (Å²) in [6.07, 6.45) is 1.12. The molecular formula is C15H25N3. The molecule has 1 aromatic carbocycles. The van der Waals surface area contributed by atoms with Crippen molar-refractivity contribution in [2.75, 3.05) is 39.3 Å². The molecule has 18 heavy (non-hydrogen) atoms. The van der Waals surface area contributed by atoms with Crippen molar-refractivity contribution in [3.05, 3.63) is 35.4 Å². The van der Waals surface area contributed by atoms with Crippen LogP contribution in [0.25, 0.3) is 0 Å². The number of nitrogens with one attached hydrogen (secondary N) is 2. The Morgan fingerprint density at radius 2 is 1.78 bits per heavy atom. The fourth-order valence-corrected chi connectivity index (χ4v) is 2.30. The third-order valence-electron chi connectivity index (χ3n) is 3.57. The Labute approximate surface area is 111 Å². The molecule has 0 saturated carbocycles. The highest BCUT2D eigenvalue weighted by Gasteiger charge is 2.07. The average Bonchev–Trinajstić information content (AvgIpc) is 2.45. The third-order valence-corrected chi connectivity index (χ3v) is 3.57. The quantitative estimate of drug-likeness (QED) is 0.741. The monoisotopic (exact) mass is 247 g/mol. The van der Waals surface area contributed by atoms with Crippen LogP contribution in [-0.4, -0.2) is 44.2 Å². The minimum absolute atomic E-state index is 0.982. The highest BCUT2D eigenvalue weighted by molar-refractivity contribution is 5.22. The molecule has 3 nitrogen and oxygen atoms in total. The van der Waals surface area contributed by atoms with E-state index in [0.717, 1.165) is 39.1 Å². The van der Waals surface area contributed by atoms with Gasteiger partial charge in [0.2, 0.25) is 0 Å². The Morgan fingerprint density at radius 1 is 1.11 bits per heavy atom. The van der Waals surface area contributed by atoms with Crippen molar-refractivity contribution in [2.45, 2.75) is 19.9 Å². The lowest BCUT2D eigenvalue weighted by Crippen LogP contribution is -2.45. The summed E-state index contributed by atoms with van der Waals surface area (Å²) in [6.45, 7) is 10.1. The summed E-state index contributed by atoms with van der Waals surface area (Å²) >= 11 is 0. The van der Waals surface area contributed by atoms with E-state index in [0.29, 0.717) is 0 Å². The number of benzene rings is 1. The topological polar surface area (TPSA) is 27.3 Å². The van der Waals surface area contributed by atoms with Crippen LogP contribution in [0.15, 0.2) is 24.3 Å². The molecule has 0 spiro atoms. The van der Waals surface area contributed by atoms with Gasteiger partial charge in [-0.15, -0.1) is 0 Å². The first kappa shape index (κ1) is 13.5. The number of nitrogens with zero attached hydrogens (tertiary/aromatic N) is 1. The molecule has 1 saturated heterocycles. The molecule has 0 unspecified atom stereocenters. The van der Waals surface area contributed by atoms with Crippen molar-refractivity contribution in [3.8, 4) is 0 Å². The molecule has 0 atom stereocenters. The average molecular weight is 247 g/mol. The first-order valence-corrected chi connectivity index (χ1v) is 7.10. The van der Waals surface area contributed by atoms with Gasteiger partial charge in [-0.25, -0.2) is 0 Å². The molecule has 100 valence electrons. The highest BCUT2D eigenvalue weighted by Crippen LogP contribution is 2.04. The van der Waals surface area contributed by atoms with Crippen molar-refractivity contribution in [2.24, 2.45) is 0 Å². The Hall–Kier alpha value is -0.900. The van der Waals surface area contributed by atoms with Crippen LogP contribution in [0.4, 0.5) is 0 Å². The summed E-state index contributed by atoms with van der Waals surface area (Å²) < 4.78 is 0. The van der Waals surface area contributed by atoms with Crippen LogP contribution >= 0.6 is 0 Å². The fraction of sp³-hybridized carbons (Fsp3) is 0.600. The van der Waals surface area contributed by atoms with Gasteiger partial charge in [0.15, 0.2) is 0 Å². The van der Waals surface area contributed by atoms with Crippen LogP contribution in [0, 0.1) is 0 Å². The summed E-state index contributed by atoms with van der Waals surface area (Å²) in [5.41, 5.74) is 2.80. The lowest BCUT2D eigenvalue weighted by molar-refractivity contribution is 0.241. The number of piperazine rings is 1. The zero-order chi connectivity index (χ0) is 12.6. The maximum Gasteiger partial charge on any atom is 0.0206 e. The lowest BCUT2D eigenvalue weighted by atomic mass is 10.1. The van der Waals surface area contributed by atoms with Gasteiger partial charge < -0.3 is 10.6 Å². The zero-order valence-electron chi connectivity index (χ0n) is 11.4. The molecule has 1 aliphatic heterocycles. The minimum Gasteiger partial charge on any atom is -0.314 e. The van der Waals surface area contributed by atoms with E-state index >= 15 is 0 Å². The molecule has 3 heteroatoms. The molecule has 0 radical (unpaired) electrons. The standard InChI is InChI=1S/C15H25N3/c1-2-14-3-5-15(6-4-14)13-17-9-12-18-10-7-16-8-11-18/h3-6,16-17H,2,7-13H2,1H3. The Kier molecular flexibility index (Phi) is 5.65. The van der Waals surface area contributed by atoms with Gasteiger partial charge in [0, 0.05) is 45.8 Å². The van der Waals surface area contributed by atoms with Crippen molar-refractivity contribution in [1.82, 2.24) is 15.5 Å². The van der Waals surface area contributed by atoms with Gasteiger partial charge in [-0.3, -0.25) is 4.90 Å². The smallest absolute Gasteiger partial charge is 0.0206 e. The van der Waals surface area contributed by atoms with Crippen LogP contribution in [0.5, 0.6) is 0 Å². The van der Waals surface area contributed by atoms with E-state index in [1.807, 2.05) is 0 Å². The van der Waals surface area contributed by atoms with Crippen molar-refractivity contribution in [3.63, 3.8) is 0 Å². The van der Waals surface area contributed by atoms with Gasteiger partial charge in [-0.2, -0.15) is 0 Å². The van der Waals surface area contributed by atoms with Crippen LogP contribution < -0.4 is 10.6 Å². The second-order valence-electron chi connectivity index (χ2n) is 4.94. The molecule has 0 aliphatic carbocycles. The zero-order valence-corrected chi connectivity index (χ0v) is 11.4. The Bertz CT molecular complexity index is 328. The first-order valence-electron chi connectivity index (χ1n) is 7.10. The Balaban J connectivity index is 1.62. The molecule has 1 heterocycles. The summed E-state index contributed by atoms with van der Waals surface area (Å²) in [4.78, 5) is 2.52. The molecule has 1 fully saturated rings. The molecule has 0 amide bonds. The van der Waals surface area contributed by atoms with Crippen LogP contribution in [0.1, 0.15) is 18.1 Å². The maximum absolute atomic E-state index is 3.52. The van der Waals surface area contributed by atoms with Crippen molar-refractivity contribution in [1.29, 1.82) is 0 Å². The van der Waals surface area contributed by atoms with Crippen molar-refractivity contribution >= 4 is 0 Å². The number of hydrogen-bond donors (Lipinski definition) is 2. The normalized spacial score (nSPS) is 16.9. The lowest BCUT2D eigenvalue weighted by Gasteiger charge is -2.27. The molecule has 1 aromatic rings. The van der Waals surface area contributed by atoms with Gasteiger partial charge in [-0.05, 0) is 17.5 Å². The minimum atomic E-state index is 0.982. The molecule has 0 bridgehead atoms. The molecule has 1 aliphatic rings. The Morgan fingerprint density at radius 3 is 2.44 bits per heavy atom. The summed E-state index contributed by atoms with van der Waals surface area (Å²) in [5.74, 6) is 0. The number of aryl methyl sites for hydroxylation is 1. The van der Waals surface area contributed by atoms with Crippen LogP contribution in [0.2, 0.25) is 0 Å². The van der Waals surface area contributed by atoms with E-state index in [1.54, 1.807) is 0 Å². The van der Waals surface area contributed by atoms with Gasteiger partial charge in [0.05, 0.1) is 0 Å². The second kappa shape index (κ2) is 7.52. The summed E-state index contributed by atoms with van der Waals surface area (Å²) in [7, 11) is 0. The van der Waals surface area contributed by atoms with Gasteiger partial charge in [-0.1, -0.05) is 31.2 Å². The largest absolute Gasteiger partial charge is 0.314 e. The highest BCUT2D eigenvalue weighted by atomic mass is 15.2. The number of rotatable bonds is 6. The maximum atomic E-state index is 3.52. The van der Waals surface area contributed by atoms with E-state index in [-0.39, 0.29) is 0 Å². The summed E-state index contributed by atoms with van der Waals surface area (Å²) in [5, 5.41) is 6.90. The van der Waals surface area contributed by atoms with E-state index in [1.165, 1.54) is 24.2 Å². The second-order valence-corrected chi connectivity index (χ2v) is 4.94. The molecule has 0 aromatic heterocycles. The summed E-state index contributed by atoms with van der Waals surface area (Å²) in [6, 6.07) is 8.92. The van der Waals surface area contributed by atoms with Gasteiger partial charge >= 0.3 is 0 Å².